The van der Waals surface area contributed by atoms with Crippen molar-refractivity contribution >= 4 is 27.0 Å². The Kier molecular flexibility index (Phi) is 3.74. The summed E-state index contributed by atoms with van der Waals surface area (Å²) in [6, 6.07) is 14.0. The maximum atomic E-state index is 13.1. The van der Waals surface area contributed by atoms with Gasteiger partial charge in [0.15, 0.2) is 9.84 Å². The lowest BCUT2D eigenvalue weighted by Gasteiger charge is -2.04. The molecule has 0 spiro atoms. The van der Waals surface area contributed by atoms with E-state index in [1.807, 2.05) is 0 Å². The highest BCUT2D eigenvalue weighted by molar-refractivity contribution is 7.92. The Morgan fingerprint density at radius 3 is 2.18 bits per heavy atom. The van der Waals surface area contributed by atoms with Gasteiger partial charge in [-0.1, -0.05) is 42.5 Å². The van der Waals surface area contributed by atoms with Crippen molar-refractivity contribution in [3.05, 3.63) is 66.0 Å². The zero-order valence-corrected chi connectivity index (χ0v) is 13.1. The van der Waals surface area contributed by atoms with Crippen LogP contribution in [0.2, 0.25) is 0 Å². The molecule has 2 N–H and O–H groups in total. The fourth-order valence-electron chi connectivity index (χ4n) is 2.86. The fraction of sp³-hybridized carbons (Fsp3) is 0.188. The SMILES string of the molecule is NC(=S)[C@@H]1[C@H](c2ccc(F)cc2)[C@@H]1S(=O)(=O)c1ccccc1. The lowest BCUT2D eigenvalue weighted by atomic mass is 10.1. The van der Waals surface area contributed by atoms with E-state index in [0.29, 0.717) is 0 Å². The van der Waals surface area contributed by atoms with E-state index in [1.54, 1.807) is 42.5 Å². The summed E-state index contributed by atoms with van der Waals surface area (Å²) in [4.78, 5) is 0.435. The van der Waals surface area contributed by atoms with Gasteiger partial charge in [0.05, 0.1) is 15.1 Å². The first-order valence-corrected chi connectivity index (χ1v) is 8.72. The largest absolute Gasteiger partial charge is 0.393 e. The second-order valence-electron chi connectivity index (χ2n) is 5.33. The summed E-state index contributed by atoms with van der Waals surface area (Å²) in [7, 11) is -3.53. The molecule has 2 aromatic rings. The van der Waals surface area contributed by atoms with Gasteiger partial charge in [-0.3, -0.25) is 0 Å². The molecule has 0 aliphatic heterocycles. The van der Waals surface area contributed by atoms with Crippen LogP contribution in [0.4, 0.5) is 4.39 Å². The van der Waals surface area contributed by atoms with Crippen molar-refractivity contribution in [2.45, 2.75) is 16.1 Å². The first-order chi connectivity index (χ1) is 10.4. The molecule has 0 unspecified atom stereocenters. The molecule has 0 heterocycles. The maximum absolute atomic E-state index is 13.1. The van der Waals surface area contributed by atoms with E-state index < -0.39 is 21.0 Å². The summed E-state index contributed by atoms with van der Waals surface area (Å²) >= 11 is 5.02. The average Bonchev–Trinajstić information content (AvgIpc) is 3.25. The van der Waals surface area contributed by atoms with Crippen molar-refractivity contribution in [3.63, 3.8) is 0 Å². The van der Waals surface area contributed by atoms with Crippen molar-refractivity contribution in [1.82, 2.24) is 0 Å². The molecular formula is C16H14FNO2S2. The quantitative estimate of drug-likeness (QED) is 0.873. The number of sulfone groups is 1. The smallest absolute Gasteiger partial charge is 0.182 e. The normalized spacial score (nSPS) is 24.0. The van der Waals surface area contributed by atoms with Gasteiger partial charge >= 0.3 is 0 Å². The van der Waals surface area contributed by atoms with Crippen LogP contribution < -0.4 is 5.73 Å². The lowest BCUT2D eigenvalue weighted by molar-refractivity contribution is 0.593. The van der Waals surface area contributed by atoms with Crippen molar-refractivity contribution in [3.8, 4) is 0 Å². The second kappa shape index (κ2) is 5.44. The van der Waals surface area contributed by atoms with Crippen molar-refractivity contribution in [1.29, 1.82) is 0 Å². The predicted octanol–water partition coefficient (Wildman–Crippen LogP) is 2.67. The third-order valence-electron chi connectivity index (χ3n) is 3.97. The maximum Gasteiger partial charge on any atom is 0.182 e. The Morgan fingerprint density at radius 1 is 1.05 bits per heavy atom. The number of nitrogens with two attached hydrogens (primary N) is 1. The first-order valence-electron chi connectivity index (χ1n) is 6.76. The summed E-state index contributed by atoms with van der Waals surface area (Å²) in [5.41, 5.74) is 6.45. The molecule has 1 aliphatic rings. The van der Waals surface area contributed by atoms with E-state index in [-0.39, 0.29) is 21.6 Å². The molecule has 0 radical (unpaired) electrons. The van der Waals surface area contributed by atoms with Crippen LogP contribution in [0.15, 0.2) is 59.5 Å². The van der Waals surface area contributed by atoms with E-state index in [2.05, 4.69) is 0 Å². The minimum Gasteiger partial charge on any atom is -0.393 e. The van der Waals surface area contributed by atoms with Crippen LogP contribution in [0.25, 0.3) is 0 Å². The van der Waals surface area contributed by atoms with Gasteiger partial charge < -0.3 is 5.73 Å². The number of hydrogen-bond donors (Lipinski definition) is 1. The Labute approximate surface area is 133 Å². The average molecular weight is 335 g/mol. The number of halogens is 1. The minimum absolute atomic E-state index is 0.179. The molecule has 3 atom stereocenters. The van der Waals surface area contributed by atoms with E-state index in [4.69, 9.17) is 18.0 Å². The highest BCUT2D eigenvalue weighted by Crippen LogP contribution is 2.54. The van der Waals surface area contributed by atoms with Gasteiger partial charge in [-0.05, 0) is 29.8 Å². The highest BCUT2D eigenvalue weighted by Gasteiger charge is 2.60. The summed E-state index contributed by atoms with van der Waals surface area (Å²) in [5, 5.41) is -0.683. The molecule has 0 saturated heterocycles. The second-order valence-corrected chi connectivity index (χ2v) is 7.91. The zero-order valence-electron chi connectivity index (χ0n) is 11.5. The Balaban J connectivity index is 1.99. The number of benzene rings is 2. The number of thiocarbonyl (C=S) groups is 1. The summed E-state index contributed by atoms with van der Waals surface area (Å²) < 4.78 is 38.6. The Bertz CT molecular complexity index is 804. The zero-order chi connectivity index (χ0) is 15.9. The van der Waals surface area contributed by atoms with Crippen LogP contribution in [0.5, 0.6) is 0 Å². The van der Waals surface area contributed by atoms with E-state index in [9.17, 15) is 12.8 Å². The van der Waals surface area contributed by atoms with Crippen molar-refractivity contribution in [2.24, 2.45) is 11.7 Å². The summed E-state index contributed by atoms with van der Waals surface area (Å²) in [5.74, 6) is -1.09. The molecule has 2 aromatic carbocycles. The van der Waals surface area contributed by atoms with Crippen LogP contribution >= 0.6 is 12.2 Å². The standard InChI is InChI=1S/C16H14FNO2S2/c17-11-8-6-10(7-9-11)13-14(16(18)21)15(13)22(19,20)12-4-2-1-3-5-12/h1-9,13-15H,(H2,18,21)/t13-,14+,15-/m0/s1. The van der Waals surface area contributed by atoms with E-state index in [0.717, 1.165) is 5.56 Å². The molecular weight excluding hydrogens is 321 g/mol. The van der Waals surface area contributed by atoms with Crippen molar-refractivity contribution in [2.75, 3.05) is 0 Å². The Morgan fingerprint density at radius 2 is 1.64 bits per heavy atom. The van der Waals surface area contributed by atoms with Gasteiger partial charge in [0, 0.05) is 11.8 Å². The van der Waals surface area contributed by atoms with Crippen LogP contribution in [0.3, 0.4) is 0 Å². The fourth-order valence-corrected chi connectivity index (χ4v) is 5.41. The van der Waals surface area contributed by atoms with Gasteiger partial charge in [-0.2, -0.15) is 0 Å². The van der Waals surface area contributed by atoms with Crippen LogP contribution in [-0.4, -0.2) is 18.7 Å². The predicted molar refractivity (Wildman–Crippen MR) is 86.8 cm³/mol. The van der Waals surface area contributed by atoms with Gasteiger partial charge in [0.2, 0.25) is 0 Å². The lowest BCUT2D eigenvalue weighted by Crippen LogP contribution is -2.17. The van der Waals surface area contributed by atoms with Gasteiger partial charge in [-0.15, -0.1) is 0 Å². The molecule has 1 fully saturated rings. The Hall–Kier alpha value is -1.79. The molecule has 0 aromatic heterocycles. The summed E-state index contributed by atoms with van der Waals surface area (Å²) in [6.45, 7) is 0. The molecule has 1 saturated carbocycles. The number of hydrogen-bond acceptors (Lipinski definition) is 3. The van der Waals surface area contributed by atoms with Crippen LogP contribution in [0.1, 0.15) is 11.5 Å². The molecule has 114 valence electrons. The summed E-state index contributed by atoms with van der Waals surface area (Å²) in [6.07, 6.45) is 0. The highest BCUT2D eigenvalue weighted by atomic mass is 32.2. The van der Waals surface area contributed by atoms with Gasteiger partial charge in [-0.25, -0.2) is 12.8 Å². The molecule has 0 amide bonds. The molecule has 1 aliphatic carbocycles. The van der Waals surface area contributed by atoms with Gasteiger partial charge in [0.25, 0.3) is 0 Å². The van der Waals surface area contributed by atoms with Crippen LogP contribution in [0, 0.1) is 11.7 Å². The first kappa shape index (κ1) is 15.1. The monoisotopic (exact) mass is 335 g/mol. The molecule has 22 heavy (non-hydrogen) atoms. The van der Waals surface area contributed by atoms with E-state index in [1.165, 1.54) is 12.1 Å². The molecule has 0 bridgehead atoms. The minimum atomic E-state index is -3.53. The molecule has 3 rings (SSSR count). The van der Waals surface area contributed by atoms with Crippen LogP contribution in [-0.2, 0) is 9.84 Å². The topological polar surface area (TPSA) is 60.2 Å². The third-order valence-corrected chi connectivity index (χ3v) is 6.47. The van der Waals surface area contributed by atoms with Crippen molar-refractivity contribution < 1.29 is 12.8 Å². The molecule has 6 heteroatoms. The molecule has 3 nitrogen and oxygen atoms in total. The van der Waals surface area contributed by atoms with E-state index >= 15 is 0 Å². The third kappa shape index (κ3) is 2.53. The number of rotatable bonds is 4. The van der Waals surface area contributed by atoms with Gasteiger partial charge in [0.1, 0.15) is 5.82 Å².